The van der Waals surface area contributed by atoms with E-state index in [9.17, 15) is 9.59 Å². The Morgan fingerprint density at radius 2 is 1.28 bits per heavy atom. The first-order valence-corrected chi connectivity index (χ1v) is 9.32. The van der Waals surface area contributed by atoms with Gasteiger partial charge < -0.3 is 20.7 Å². The number of hydrogen-bond acceptors (Lipinski definition) is 3. The van der Waals surface area contributed by atoms with Crippen LogP contribution in [0.1, 0.15) is 24.2 Å². The van der Waals surface area contributed by atoms with E-state index in [0.29, 0.717) is 22.7 Å². The summed E-state index contributed by atoms with van der Waals surface area (Å²) in [6, 6.07) is 23.0. The Bertz CT molecular complexity index is 970. The monoisotopic (exact) mass is 389 g/mol. The van der Waals surface area contributed by atoms with E-state index >= 15 is 0 Å². The van der Waals surface area contributed by atoms with Gasteiger partial charge in [0.25, 0.3) is 5.91 Å². The van der Waals surface area contributed by atoms with Gasteiger partial charge in [-0.2, -0.15) is 0 Å². The zero-order valence-corrected chi connectivity index (χ0v) is 16.3. The molecule has 0 aliphatic carbocycles. The summed E-state index contributed by atoms with van der Waals surface area (Å²) in [6.45, 7) is 3.75. The first kappa shape index (κ1) is 19.9. The average Bonchev–Trinajstić information content (AvgIpc) is 2.70. The second-order valence-electron chi connectivity index (χ2n) is 6.69. The second kappa shape index (κ2) is 9.41. The van der Waals surface area contributed by atoms with Crippen molar-refractivity contribution in [2.75, 3.05) is 10.6 Å². The van der Waals surface area contributed by atoms with Crippen molar-refractivity contribution < 1.29 is 14.3 Å². The van der Waals surface area contributed by atoms with Gasteiger partial charge in [0.15, 0.2) is 0 Å². The lowest BCUT2D eigenvalue weighted by Crippen LogP contribution is -2.34. The van der Waals surface area contributed by atoms with Crippen LogP contribution in [-0.4, -0.2) is 18.0 Å². The Labute approximate surface area is 169 Å². The van der Waals surface area contributed by atoms with Crippen LogP contribution in [0.5, 0.6) is 11.5 Å². The number of amides is 3. The lowest BCUT2D eigenvalue weighted by Gasteiger charge is -2.14. The Balaban J connectivity index is 1.66. The van der Waals surface area contributed by atoms with Crippen molar-refractivity contribution in [1.29, 1.82) is 0 Å². The molecule has 0 aliphatic heterocycles. The Morgan fingerprint density at radius 1 is 0.724 bits per heavy atom. The van der Waals surface area contributed by atoms with Crippen molar-refractivity contribution in [3.63, 3.8) is 0 Å². The number of hydrogen-bond donors (Lipinski definition) is 3. The number of rotatable bonds is 6. The molecule has 0 saturated heterocycles. The highest BCUT2D eigenvalue weighted by Crippen LogP contribution is 2.24. The molecule has 0 atom stereocenters. The molecule has 0 heterocycles. The summed E-state index contributed by atoms with van der Waals surface area (Å²) in [4.78, 5) is 24.6. The van der Waals surface area contributed by atoms with Crippen LogP contribution >= 0.6 is 0 Å². The maximum Gasteiger partial charge on any atom is 0.319 e. The summed E-state index contributed by atoms with van der Waals surface area (Å²) < 4.78 is 5.74. The lowest BCUT2D eigenvalue weighted by atomic mass is 10.2. The van der Waals surface area contributed by atoms with Crippen LogP contribution in [0.3, 0.4) is 0 Å². The highest BCUT2D eigenvalue weighted by atomic mass is 16.5. The number of carbonyl (C=O) groups excluding carboxylic acids is 2. The van der Waals surface area contributed by atoms with Crippen LogP contribution in [0.25, 0.3) is 0 Å². The smallest absolute Gasteiger partial charge is 0.319 e. The summed E-state index contributed by atoms with van der Waals surface area (Å²) in [7, 11) is 0. The number of nitrogens with one attached hydrogen (secondary N) is 3. The van der Waals surface area contributed by atoms with Gasteiger partial charge in [-0.15, -0.1) is 0 Å². The molecule has 3 rings (SSSR count). The fourth-order valence-corrected chi connectivity index (χ4v) is 2.62. The molecule has 0 bridgehead atoms. The van der Waals surface area contributed by atoms with E-state index in [2.05, 4.69) is 16.0 Å². The third kappa shape index (κ3) is 5.84. The van der Waals surface area contributed by atoms with E-state index in [1.165, 1.54) is 0 Å². The molecule has 148 valence electrons. The first-order chi connectivity index (χ1) is 14.0. The minimum atomic E-state index is -0.330. The molecule has 0 spiro atoms. The summed E-state index contributed by atoms with van der Waals surface area (Å²) in [5.74, 6) is 1.08. The van der Waals surface area contributed by atoms with Gasteiger partial charge in [-0.3, -0.25) is 4.79 Å². The summed E-state index contributed by atoms with van der Waals surface area (Å²) in [5, 5.41) is 8.34. The van der Waals surface area contributed by atoms with Crippen LogP contribution in [0.15, 0.2) is 78.9 Å². The molecular weight excluding hydrogens is 366 g/mol. The summed E-state index contributed by atoms with van der Waals surface area (Å²) >= 11 is 0. The number of para-hydroxylation sites is 3. The molecule has 0 fully saturated rings. The number of urea groups is 1. The van der Waals surface area contributed by atoms with E-state index in [1.54, 1.807) is 48.5 Å². The van der Waals surface area contributed by atoms with Gasteiger partial charge in [0.05, 0.1) is 11.4 Å². The van der Waals surface area contributed by atoms with E-state index in [4.69, 9.17) is 4.74 Å². The predicted molar refractivity (Wildman–Crippen MR) is 115 cm³/mol. The Hall–Kier alpha value is -3.80. The van der Waals surface area contributed by atoms with Crippen molar-refractivity contribution in [2.24, 2.45) is 0 Å². The van der Waals surface area contributed by atoms with Gasteiger partial charge in [0.1, 0.15) is 11.5 Å². The second-order valence-corrected chi connectivity index (χ2v) is 6.69. The van der Waals surface area contributed by atoms with Gasteiger partial charge in [-0.1, -0.05) is 30.3 Å². The molecule has 6 heteroatoms. The molecule has 0 unspecified atom stereocenters. The highest BCUT2D eigenvalue weighted by molar-refractivity contribution is 6.07. The maximum absolute atomic E-state index is 12.6. The van der Waals surface area contributed by atoms with E-state index in [1.807, 2.05) is 44.2 Å². The van der Waals surface area contributed by atoms with E-state index in [0.717, 1.165) is 5.75 Å². The van der Waals surface area contributed by atoms with Crippen LogP contribution < -0.4 is 20.7 Å². The Morgan fingerprint density at radius 3 is 1.90 bits per heavy atom. The normalized spacial score (nSPS) is 10.3. The third-order valence-corrected chi connectivity index (χ3v) is 3.94. The molecule has 6 nitrogen and oxygen atoms in total. The van der Waals surface area contributed by atoms with Crippen LogP contribution in [0, 0.1) is 0 Å². The lowest BCUT2D eigenvalue weighted by molar-refractivity contribution is 0.102. The fraction of sp³-hybridized carbons (Fsp3) is 0.130. The number of anilines is 2. The SMILES string of the molecule is CC(C)NC(=O)Nc1ccccc1NC(=O)c1ccc(Oc2ccccc2)cc1. The largest absolute Gasteiger partial charge is 0.457 e. The maximum atomic E-state index is 12.6. The molecule has 3 aromatic rings. The summed E-state index contributed by atoms with van der Waals surface area (Å²) in [5.41, 5.74) is 1.51. The van der Waals surface area contributed by atoms with Gasteiger partial charge in [-0.25, -0.2) is 4.79 Å². The number of ether oxygens (including phenoxy) is 1. The zero-order chi connectivity index (χ0) is 20.6. The number of carbonyl (C=O) groups is 2. The zero-order valence-electron chi connectivity index (χ0n) is 16.3. The molecule has 3 N–H and O–H groups in total. The van der Waals surface area contributed by atoms with Crippen molar-refractivity contribution in [1.82, 2.24) is 5.32 Å². The average molecular weight is 389 g/mol. The molecule has 0 radical (unpaired) electrons. The first-order valence-electron chi connectivity index (χ1n) is 9.32. The Kier molecular flexibility index (Phi) is 6.47. The number of benzene rings is 3. The van der Waals surface area contributed by atoms with Crippen molar-refractivity contribution in [2.45, 2.75) is 19.9 Å². The summed E-state index contributed by atoms with van der Waals surface area (Å²) in [6.07, 6.45) is 0. The minimum absolute atomic E-state index is 0.00775. The molecule has 29 heavy (non-hydrogen) atoms. The van der Waals surface area contributed by atoms with Crippen LogP contribution in [0.2, 0.25) is 0 Å². The van der Waals surface area contributed by atoms with Crippen LogP contribution in [0.4, 0.5) is 16.2 Å². The standard InChI is InChI=1S/C23H23N3O3/c1-16(2)24-23(28)26-21-11-7-6-10-20(21)25-22(27)17-12-14-19(15-13-17)29-18-8-4-3-5-9-18/h3-16H,1-2H3,(H,25,27)(H2,24,26,28). The third-order valence-electron chi connectivity index (χ3n) is 3.94. The van der Waals surface area contributed by atoms with Gasteiger partial charge in [0.2, 0.25) is 0 Å². The molecule has 3 aromatic carbocycles. The molecule has 0 aliphatic rings. The van der Waals surface area contributed by atoms with Gasteiger partial charge in [0, 0.05) is 11.6 Å². The fourth-order valence-electron chi connectivity index (χ4n) is 2.62. The van der Waals surface area contributed by atoms with Crippen molar-refractivity contribution in [3.05, 3.63) is 84.4 Å². The molecule has 0 saturated carbocycles. The van der Waals surface area contributed by atoms with E-state index < -0.39 is 0 Å². The highest BCUT2D eigenvalue weighted by Gasteiger charge is 2.11. The van der Waals surface area contributed by atoms with Crippen LogP contribution in [-0.2, 0) is 0 Å². The van der Waals surface area contributed by atoms with Crippen molar-refractivity contribution >= 4 is 23.3 Å². The molecule has 0 aromatic heterocycles. The minimum Gasteiger partial charge on any atom is -0.457 e. The topological polar surface area (TPSA) is 79.5 Å². The van der Waals surface area contributed by atoms with Gasteiger partial charge >= 0.3 is 6.03 Å². The predicted octanol–water partition coefficient (Wildman–Crippen LogP) is 5.26. The molecular formula is C23H23N3O3. The van der Waals surface area contributed by atoms with E-state index in [-0.39, 0.29) is 18.0 Å². The van der Waals surface area contributed by atoms with Crippen molar-refractivity contribution in [3.8, 4) is 11.5 Å². The quantitative estimate of drug-likeness (QED) is 0.538. The molecule has 3 amide bonds. The van der Waals surface area contributed by atoms with Gasteiger partial charge in [-0.05, 0) is 62.4 Å².